The average molecular weight is 374 g/mol. The number of rotatable bonds is 5. The predicted molar refractivity (Wildman–Crippen MR) is 95.6 cm³/mol. The van der Waals surface area contributed by atoms with Gasteiger partial charge >= 0.3 is 5.97 Å². The van der Waals surface area contributed by atoms with Crippen LogP contribution in [0.1, 0.15) is 38.5 Å². The van der Waals surface area contributed by atoms with E-state index in [9.17, 15) is 19.5 Å². The summed E-state index contributed by atoms with van der Waals surface area (Å²) in [6.45, 7) is 2.28. The number of aryl methyl sites for hydroxylation is 1. The Morgan fingerprint density at radius 1 is 1.19 bits per heavy atom. The molecule has 1 spiro atoms. The molecule has 8 heteroatoms. The third kappa shape index (κ3) is 3.70. The summed E-state index contributed by atoms with van der Waals surface area (Å²) in [5.74, 6) is -0.596. The number of carboxylic acids is 1. The van der Waals surface area contributed by atoms with Crippen LogP contribution in [0.15, 0.2) is 18.5 Å². The first kappa shape index (κ1) is 18.0. The predicted octanol–water partition coefficient (Wildman–Crippen LogP) is 0.977. The Bertz CT molecular complexity index is 720. The van der Waals surface area contributed by atoms with Gasteiger partial charge in [0.1, 0.15) is 6.04 Å². The van der Waals surface area contributed by atoms with Crippen molar-refractivity contribution < 1.29 is 19.5 Å². The van der Waals surface area contributed by atoms with Gasteiger partial charge in [-0.05, 0) is 43.6 Å². The highest BCUT2D eigenvalue weighted by atomic mass is 16.4. The summed E-state index contributed by atoms with van der Waals surface area (Å²) in [7, 11) is 0. The number of hydrogen-bond donors (Lipinski definition) is 1. The molecule has 1 aliphatic carbocycles. The van der Waals surface area contributed by atoms with Crippen molar-refractivity contribution >= 4 is 17.8 Å². The Kier molecular flexibility index (Phi) is 4.65. The highest BCUT2D eigenvalue weighted by molar-refractivity contribution is 5.84. The molecule has 2 amide bonds. The topological polar surface area (TPSA) is 95.7 Å². The monoisotopic (exact) mass is 374 g/mol. The minimum atomic E-state index is -0.934. The lowest BCUT2D eigenvalue weighted by Gasteiger charge is -2.39. The number of carbonyl (C=O) groups is 3. The molecule has 1 saturated carbocycles. The van der Waals surface area contributed by atoms with Gasteiger partial charge in [0.2, 0.25) is 11.8 Å². The number of nitrogens with zero attached hydrogens (tertiary/aromatic N) is 4. The highest BCUT2D eigenvalue weighted by Gasteiger charge is 2.50. The first-order valence-electron chi connectivity index (χ1n) is 9.76. The molecule has 3 aliphatic rings. The lowest BCUT2D eigenvalue weighted by Crippen LogP contribution is -2.45. The van der Waals surface area contributed by atoms with Gasteiger partial charge in [0, 0.05) is 50.9 Å². The molecule has 4 rings (SSSR count). The van der Waals surface area contributed by atoms with Crippen molar-refractivity contribution in [3.05, 3.63) is 18.5 Å². The minimum absolute atomic E-state index is 0.133. The quantitative estimate of drug-likeness (QED) is 0.829. The molecule has 8 nitrogen and oxygen atoms in total. The van der Waals surface area contributed by atoms with Crippen molar-refractivity contribution in [3.63, 3.8) is 0 Å². The normalized spacial score (nSPS) is 24.4. The molecule has 1 atom stereocenters. The molecule has 146 valence electrons. The van der Waals surface area contributed by atoms with Crippen LogP contribution in [-0.2, 0) is 20.9 Å². The Morgan fingerprint density at radius 3 is 2.52 bits per heavy atom. The summed E-state index contributed by atoms with van der Waals surface area (Å²) in [6.07, 6.45) is 7.73. The summed E-state index contributed by atoms with van der Waals surface area (Å²) in [5, 5.41) is 13.7. The zero-order valence-electron chi connectivity index (χ0n) is 15.4. The molecular weight excluding hydrogens is 348 g/mol. The van der Waals surface area contributed by atoms with Gasteiger partial charge in [-0.3, -0.25) is 14.3 Å². The largest absolute Gasteiger partial charge is 0.480 e. The molecule has 0 unspecified atom stereocenters. The summed E-state index contributed by atoms with van der Waals surface area (Å²) in [6, 6.07) is 1.03. The van der Waals surface area contributed by atoms with Crippen molar-refractivity contribution in [1.82, 2.24) is 19.6 Å². The fourth-order valence-electron chi connectivity index (χ4n) is 4.48. The van der Waals surface area contributed by atoms with Crippen LogP contribution < -0.4 is 0 Å². The number of aliphatic carboxylic acids is 1. The molecule has 1 N–H and O–H groups in total. The van der Waals surface area contributed by atoms with Gasteiger partial charge < -0.3 is 14.9 Å². The van der Waals surface area contributed by atoms with Crippen molar-refractivity contribution in [2.24, 2.45) is 11.3 Å². The molecule has 1 aromatic heterocycles. The van der Waals surface area contributed by atoms with E-state index in [2.05, 4.69) is 5.10 Å². The molecule has 0 radical (unpaired) electrons. The van der Waals surface area contributed by atoms with Crippen LogP contribution in [0.5, 0.6) is 0 Å². The van der Waals surface area contributed by atoms with Crippen molar-refractivity contribution in [1.29, 1.82) is 0 Å². The second-order valence-electron chi connectivity index (χ2n) is 8.20. The molecule has 1 aromatic rings. The Labute approximate surface area is 158 Å². The summed E-state index contributed by atoms with van der Waals surface area (Å²) < 4.78 is 1.68. The number of amides is 2. The van der Waals surface area contributed by atoms with E-state index in [1.807, 2.05) is 4.90 Å². The van der Waals surface area contributed by atoms with Crippen LogP contribution in [-0.4, -0.2) is 68.1 Å². The third-order valence-electron chi connectivity index (χ3n) is 6.29. The van der Waals surface area contributed by atoms with Gasteiger partial charge in [-0.2, -0.15) is 5.10 Å². The SMILES string of the molecule is O=C(O)[C@H]1CC2(CCN(C(=O)C3CC3)CC2)CN1C(=O)CCn1cccn1. The second kappa shape index (κ2) is 6.98. The number of likely N-dealkylation sites (tertiary alicyclic amines) is 2. The maximum absolute atomic E-state index is 12.7. The first-order valence-corrected chi connectivity index (χ1v) is 9.76. The molecule has 3 heterocycles. The van der Waals surface area contributed by atoms with Gasteiger partial charge in [-0.25, -0.2) is 4.79 Å². The van der Waals surface area contributed by atoms with E-state index < -0.39 is 12.0 Å². The van der Waals surface area contributed by atoms with Crippen LogP contribution >= 0.6 is 0 Å². The maximum Gasteiger partial charge on any atom is 0.326 e. The number of aromatic nitrogens is 2. The number of carbonyl (C=O) groups excluding carboxylic acids is 2. The van der Waals surface area contributed by atoms with Gasteiger partial charge in [-0.15, -0.1) is 0 Å². The van der Waals surface area contributed by atoms with Gasteiger partial charge in [-0.1, -0.05) is 0 Å². The lowest BCUT2D eigenvalue weighted by molar-refractivity contribution is -0.148. The molecule has 3 fully saturated rings. The van der Waals surface area contributed by atoms with E-state index in [0.29, 0.717) is 32.6 Å². The van der Waals surface area contributed by atoms with Crippen molar-refractivity contribution in [3.8, 4) is 0 Å². The maximum atomic E-state index is 12.7. The average Bonchev–Trinajstić information content (AvgIpc) is 3.25. The van der Waals surface area contributed by atoms with Crippen LogP contribution in [0.2, 0.25) is 0 Å². The van der Waals surface area contributed by atoms with Crippen molar-refractivity contribution in [2.75, 3.05) is 19.6 Å². The smallest absolute Gasteiger partial charge is 0.326 e. The molecule has 2 aliphatic heterocycles. The highest BCUT2D eigenvalue weighted by Crippen LogP contribution is 2.44. The van der Waals surface area contributed by atoms with Gasteiger partial charge in [0.05, 0.1) is 0 Å². The van der Waals surface area contributed by atoms with Crippen LogP contribution in [0.4, 0.5) is 0 Å². The number of carboxylic acid groups (broad SMARTS) is 1. The minimum Gasteiger partial charge on any atom is -0.480 e. The molecule has 2 saturated heterocycles. The van der Waals surface area contributed by atoms with E-state index in [1.54, 1.807) is 28.0 Å². The molecule has 0 aromatic carbocycles. The molecular formula is C19H26N4O4. The summed E-state index contributed by atoms with van der Waals surface area (Å²) >= 11 is 0. The van der Waals surface area contributed by atoms with E-state index in [1.165, 1.54) is 0 Å². The van der Waals surface area contributed by atoms with Crippen LogP contribution in [0.25, 0.3) is 0 Å². The van der Waals surface area contributed by atoms with Crippen molar-refractivity contribution in [2.45, 2.75) is 51.1 Å². The number of piperidine rings is 1. The Balaban J connectivity index is 1.38. The van der Waals surface area contributed by atoms with Crippen LogP contribution in [0.3, 0.4) is 0 Å². The Hall–Kier alpha value is -2.38. The Morgan fingerprint density at radius 2 is 1.93 bits per heavy atom. The first-order chi connectivity index (χ1) is 13.0. The zero-order valence-corrected chi connectivity index (χ0v) is 15.4. The summed E-state index contributed by atoms with van der Waals surface area (Å²) in [4.78, 5) is 40.2. The van der Waals surface area contributed by atoms with Gasteiger partial charge in [0.25, 0.3) is 0 Å². The fraction of sp³-hybridized carbons (Fsp3) is 0.684. The zero-order chi connectivity index (χ0) is 19.0. The standard InChI is InChI=1S/C19H26N4O4/c24-16(4-9-22-8-1-7-20-22)23-13-19(12-15(23)18(26)27)5-10-21(11-6-19)17(25)14-2-3-14/h1,7-8,14-15H,2-6,9-13H2,(H,26,27)/t15-/m1/s1. The van der Waals surface area contributed by atoms with Gasteiger partial charge in [0.15, 0.2) is 0 Å². The molecule has 27 heavy (non-hydrogen) atoms. The van der Waals surface area contributed by atoms with Crippen LogP contribution in [0, 0.1) is 11.3 Å². The summed E-state index contributed by atoms with van der Waals surface area (Å²) in [5.41, 5.74) is -0.176. The fourth-order valence-corrected chi connectivity index (χ4v) is 4.48. The van der Waals surface area contributed by atoms with E-state index >= 15 is 0 Å². The number of hydrogen-bond acceptors (Lipinski definition) is 4. The van der Waals surface area contributed by atoms with E-state index in [-0.39, 0.29) is 29.6 Å². The third-order valence-corrected chi connectivity index (χ3v) is 6.29. The van der Waals surface area contributed by atoms with E-state index in [0.717, 1.165) is 25.7 Å². The van der Waals surface area contributed by atoms with E-state index in [4.69, 9.17) is 0 Å². The lowest BCUT2D eigenvalue weighted by atomic mass is 9.76. The second-order valence-corrected chi connectivity index (χ2v) is 8.20. The molecule has 0 bridgehead atoms.